The minimum Gasteiger partial charge on any atom is -0.376 e. The van der Waals surface area contributed by atoms with Crippen molar-refractivity contribution in [2.24, 2.45) is 0 Å². The van der Waals surface area contributed by atoms with Gasteiger partial charge in [0.25, 0.3) is 11.1 Å². The predicted octanol–water partition coefficient (Wildman–Crippen LogP) is 7.10. The Hall–Kier alpha value is -2.56. The Morgan fingerprint density at radius 1 is 0.972 bits per heavy atom. The summed E-state index contributed by atoms with van der Waals surface area (Å²) >= 11 is 19.2. The zero-order valence-electron chi connectivity index (χ0n) is 18.3. The van der Waals surface area contributed by atoms with Crippen molar-refractivity contribution in [2.45, 2.75) is 18.4 Å². The molecule has 12 heteroatoms. The van der Waals surface area contributed by atoms with E-state index in [2.05, 4.69) is 0 Å². The number of halogens is 4. The topological polar surface area (TPSA) is 80.8 Å². The molecule has 1 fully saturated rings. The zero-order chi connectivity index (χ0) is 26.2. The normalized spacial score (nSPS) is 15.1. The number of imide groups is 1. The van der Waals surface area contributed by atoms with Gasteiger partial charge in [-0.25, -0.2) is 4.39 Å². The van der Waals surface area contributed by atoms with Crippen molar-refractivity contribution in [3.05, 3.63) is 97.1 Å². The Labute approximate surface area is 225 Å². The Bertz CT molecular complexity index is 1500. The van der Waals surface area contributed by atoms with Gasteiger partial charge in [-0.05, 0) is 72.3 Å². The van der Waals surface area contributed by atoms with Crippen LogP contribution in [0.5, 0.6) is 5.75 Å². The lowest BCUT2D eigenvalue weighted by atomic mass is 10.2. The molecule has 0 spiro atoms. The van der Waals surface area contributed by atoms with E-state index in [4.69, 9.17) is 39.0 Å². The summed E-state index contributed by atoms with van der Waals surface area (Å²) in [6.45, 7) is 1.68. The van der Waals surface area contributed by atoms with Gasteiger partial charge in [-0.15, -0.1) is 0 Å². The molecule has 3 aromatic rings. The highest BCUT2D eigenvalue weighted by Crippen LogP contribution is 2.39. The van der Waals surface area contributed by atoms with Crippen LogP contribution in [0.25, 0.3) is 6.08 Å². The molecule has 6 nitrogen and oxygen atoms in total. The van der Waals surface area contributed by atoms with E-state index >= 15 is 0 Å². The van der Waals surface area contributed by atoms with Crippen molar-refractivity contribution < 1.29 is 26.6 Å². The van der Waals surface area contributed by atoms with E-state index in [1.807, 2.05) is 6.92 Å². The van der Waals surface area contributed by atoms with Gasteiger partial charge in [0.1, 0.15) is 10.7 Å². The molecule has 0 saturated carbocycles. The molecule has 186 valence electrons. The van der Waals surface area contributed by atoms with E-state index in [1.54, 1.807) is 12.1 Å². The highest BCUT2D eigenvalue weighted by Gasteiger charge is 2.35. The first-order valence-corrected chi connectivity index (χ1v) is 13.5. The highest BCUT2D eigenvalue weighted by molar-refractivity contribution is 8.18. The molecule has 0 radical (unpaired) electrons. The number of amides is 2. The fraction of sp³-hybridized carbons (Fsp3) is 0.0833. The standard InChI is InChI=1S/C24H15Cl3FNO5S2/c1-13-2-6-17(7-3-13)36(32,33)34-22-19(26)8-14(9-20(22)27)10-21-23(30)29(24(31)35-21)12-15-4-5-16(28)11-18(15)25/h2-11H,12H2,1H3/b21-10-. The number of aryl methyl sites for hydroxylation is 1. The molecule has 0 atom stereocenters. The largest absolute Gasteiger partial charge is 0.376 e. The van der Waals surface area contributed by atoms with E-state index < -0.39 is 27.1 Å². The lowest BCUT2D eigenvalue weighted by molar-refractivity contribution is -0.123. The van der Waals surface area contributed by atoms with E-state index in [0.29, 0.717) is 22.9 Å². The van der Waals surface area contributed by atoms with Gasteiger partial charge in [0.2, 0.25) is 0 Å². The van der Waals surface area contributed by atoms with Gasteiger partial charge in [0, 0.05) is 5.02 Å². The number of hydrogen-bond acceptors (Lipinski definition) is 6. The van der Waals surface area contributed by atoms with Crippen LogP contribution in [0.2, 0.25) is 15.1 Å². The maximum absolute atomic E-state index is 13.3. The van der Waals surface area contributed by atoms with Gasteiger partial charge in [-0.2, -0.15) is 8.42 Å². The Balaban J connectivity index is 1.56. The summed E-state index contributed by atoms with van der Waals surface area (Å²) in [5.41, 5.74) is 1.62. The van der Waals surface area contributed by atoms with E-state index in [-0.39, 0.29) is 37.2 Å². The van der Waals surface area contributed by atoms with Gasteiger partial charge in [-0.3, -0.25) is 14.5 Å². The maximum Gasteiger partial charge on any atom is 0.339 e. The number of hydrogen-bond donors (Lipinski definition) is 0. The monoisotopic (exact) mass is 585 g/mol. The second-order valence-electron chi connectivity index (χ2n) is 7.67. The molecular formula is C24H15Cl3FNO5S2. The molecule has 4 rings (SSSR count). The molecule has 0 aromatic heterocycles. The summed E-state index contributed by atoms with van der Waals surface area (Å²) < 4.78 is 43.7. The van der Waals surface area contributed by atoms with E-state index in [9.17, 15) is 22.4 Å². The van der Waals surface area contributed by atoms with Crippen LogP contribution in [-0.2, 0) is 21.5 Å². The molecule has 0 unspecified atom stereocenters. The third-order valence-corrected chi connectivity index (χ3v) is 8.09. The summed E-state index contributed by atoms with van der Waals surface area (Å²) in [5, 5.41) is -0.663. The summed E-state index contributed by atoms with van der Waals surface area (Å²) in [5.74, 6) is -1.39. The van der Waals surface area contributed by atoms with Crippen molar-refractivity contribution in [3.63, 3.8) is 0 Å². The van der Waals surface area contributed by atoms with Crippen LogP contribution < -0.4 is 4.18 Å². The summed E-state index contributed by atoms with van der Waals surface area (Å²) in [4.78, 5) is 26.3. The summed E-state index contributed by atoms with van der Waals surface area (Å²) in [6, 6.07) is 12.4. The molecule has 36 heavy (non-hydrogen) atoms. The van der Waals surface area contributed by atoms with Crippen LogP contribution in [0.3, 0.4) is 0 Å². The second-order valence-corrected chi connectivity index (χ2v) is 11.4. The number of rotatable bonds is 6. The fourth-order valence-electron chi connectivity index (χ4n) is 3.21. The SMILES string of the molecule is Cc1ccc(S(=O)(=O)Oc2c(Cl)cc(/C=C3\SC(=O)N(Cc4ccc(F)cc4Cl)C3=O)cc2Cl)cc1. The third kappa shape index (κ3) is 5.71. The van der Waals surface area contributed by atoms with Crippen molar-refractivity contribution in [1.29, 1.82) is 0 Å². The van der Waals surface area contributed by atoms with Crippen LogP contribution in [0.15, 0.2) is 64.4 Å². The quantitative estimate of drug-likeness (QED) is 0.226. The Kier molecular flexibility index (Phi) is 7.68. The first-order chi connectivity index (χ1) is 16.9. The first kappa shape index (κ1) is 26.5. The Morgan fingerprint density at radius 2 is 1.61 bits per heavy atom. The van der Waals surface area contributed by atoms with E-state index in [1.165, 1.54) is 42.5 Å². The summed E-state index contributed by atoms with van der Waals surface area (Å²) in [6.07, 6.45) is 1.40. The van der Waals surface area contributed by atoms with Gasteiger partial charge >= 0.3 is 10.1 Å². The average molecular weight is 587 g/mol. The highest BCUT2D eigenvalue weighted by atomic mass is 35.5. The van der Waals surface area contributed by atoms with Crippen LogP contribution in [0.4, 0.5) is 9.18 Å². The molecule has 1 heterocycles. The van der Waals surface area contributed by atoms with Crippen LogP contribution in [0.1, 0.15) is 16.7 Å². The lowest BCUT2D eigenvalue weighted by Gasteiger charge is -2.13. The number of carbonyl (C=O) groups is 2. The minimum absolute atomic E-state index is 0.0701. The molecule has 1 aliphatic heterocycles. The molecule has 0 bridgehead atoms. The zero-order valence-corrected chi connectivity index (χ0v) is 22.2. The van der Waals surface area contributed by atoms with E-state index in [0.717, 1.165) is 16.5 Å². The lowest BCUT2D eigenvalue weighted by Crippen LogP contribution is -2.27. The number of carbonyl (C=O) groups excluding carboxylic acids is 2. The minimum atomic E-state index is -4.20. The van der Waals surface area contributed by atoms with Gasteiger partial charge in [-0.1, -0.05) is 58.6 Å². The van der Waals surface area contributed by atoms with Gasteiger partial charge < -0.3 is 4.18 Å². The van der Waals surface area contributed by atoms with Gasteiger partial charge in [0.05, 0.1) is 21.5 Å². The van der Waals surface area contributed by atoms with Crippen LogP contribution in [-0.4, -0.2) is 24.5 Å². The van der Waals surface area contributed by atoms with Crippen molar-refractivity contribution >= 4 is 73.9 Å². The fourth-order valence-corrected chi connectivity index (χ4v) is 5.92. The van der Waals surface area contributed by atoms with Crippen LogP contribution in [0, 0.1) is 12.7 Å². The second kappa shape index (κ2) is 10.4. The molecule has 1 aliphatic rings. The molecule has 0 aliphatic carbocycles. The molecular weight excluding hydrogens is 572 g/mol. The van der Waals surface area contributed by atoms with Crippen molar-refractivity contribution in [2.75, 3.05) is 0 Å². The average Bonchev–Trinajstić information content (AvgIpc) is 3.05. The van der Waals surface area contributed by atoms with Crippen LogP contribution >= 0.6 is 46.6 Å². The number of benzene rings is 3. The third-order valence-electron chi connectivity index (χ3n) is 5.04. The van der Waals surface area contributed by atoms with Crippen molar-refractivity contribution in [3.8, 4) is 5.75 Å². The number of nitrogens with zero attached hydrogens (tertiary/aromatic N) is 1. The smallest absolute Gasteiger partial charge is 0.339 e. The van der Waals surface area contributed by atoms with Crippen molar-refractivity contribution in [1.82, 2.24) is 4.90 Å². The number of thioether (sulfide) groups is 1. The summed E-state index contributed by atoms with van der Waals surface area (Å²) in [7, 11) is -4.20. The maximum atomic E-state index is 13.3. The molecule has 2 amide bonds. The molecule has 1 saturated heterocycles. The van der Waals surface area contributed by atoms with Gasteiger partial charge in [0.15, 0.2) is 5.75 Å². The Morgan fingerprint density at radius 3 is 2.22 bits per heavy atom. The first-order valence-electron chi connectivity index (χ1n) is 10.1. The predicted molar refractivity (Wildman–Crippen MR) is 138 cm³/mol. The molecule has 3 aromatic carbocycles. The molecule has 0 N–H and O–H groups in total.